The molecule has 3 rings (SSSR count). The summed E-state index contributed by atoms with van der Waals surface area (Å²) in [6, 6.07) is 9.35. The minimum atomic E-state index is -1.08. The lowest BCUT2D eigenvalue weighted by Crippen LogP contribution is -2.42. The van der Waals surface area contributed by atoms with E-state index in [9.17, 15) is 14.7 Å². The molecule has 0 atom stereocenters. The van der Waals surface area contributed by atoms with E-state index in [1.54, 1.807) is 0 Å². The number of aliphatic carboxylic acids is 1. The van der Waals surface area contributed by atoms with E-state index in [4.69, 9.17) is 14.0 Å². The van der Waals surface area contributed by atoms with Gasteiger partial charge < -0.3 is 24.1 Å². The lowest BCUT2D eigenvalue weighted by atomic mass is 9.71. The number of ether oxygens (including phenoxy) is 1. The third-order valence-electron chi connectivity index (χ3n) is 5.65. The molecule has 0 bridgehead atoms. The molecule has 0 saturated carbocycles. The van der Waals surface area contributed by atoms with Crippen LogP contribution < -0.4 is 0 Å². The van der Waals surface area contributed by atoms with Crippen LogP contribution in [-0.4, -0.2) is 53.5 Å². The van der Waals surface area contributed by atoms with Crippen LogP contribution in [0.25, 0.3) is 0 Å². The fourth-order valence-corrected chi connectivity index (χ4v) is 3.19. The highest BCUT2D eigenvalue weighted by molar-refractivity contribution is 6.55. The molecule has 1 amide bonds. The number of carbonyl (C=O) groups excluding carboxylic acids is 1. The molecular formula is C20H26BNO6. The molecule has 1 aromatic rings. The lowest BCUT2D eigenvalue weighted by molar-refractivity contribution is -0.133. The molecule has 2 aliphatic rings. The molecule has 150 valence electrons. The van der Waals surface area contributed by atoms with E-state index in [0.717, 1.165) is 5.56 Å². The molecule has 2 aliphatic heterocycles. The molecule has 0 aromatic heterocycles. The standard InChI is InChI=1S/C20H26BNO6/c1-19(2)20(3,4)28-21(27-19)16-10-11-22(12-15(16)17(23)24)18(25)26-13-14-8-6-5-7-9-14/h5-9H,10-13H2,1-4H3,(H,23,24). The third-order valence-corrected chi connectivity index (χ3v) is 5.65. The Balaban J connectivity index is 1.70. The van der Waals surface area contributed by atoms with Crippen LogP contribution in [0.3, 0.4) is 0 Å². The van der Waals surface area contributed by atoms with Crippen LogP contribution in [-0.2, 0) is 25.4 Å². The highest BCUT2D eigenvalue weighted by Gasteiger charge is 2.53. The minimum absolute atomic E-state index is 0.0393. The Bertz CT molecular complexity index is 773. The second-order valence-electron chi connectivity index (χ2n) is 8.11. The third kappa shape index (κ3) is 4.08. The minimum Gasteiger partial charge on any atom is -0.478 e. The van der Waals surface area contributed by atoms with Gasteiger partial charge in [0.1, 0.15) is 6.61 Å². The Hall–Kier alpha value is -2.32. The first kappa shape index (κ1) is 20.4. The smallest absolute Gasteiger partial charge is 0.478 e. The van der Waals surface area contributed by atoms with Crippen molar-refractivity contribution in [2.24, 2.45) is 0 Å². The first-order chi connectivity index (χ1) is 13.1. The number of hydrogen-bond acceptors (Lipinski definition) is 5. The molecule has 1 saturated heterocycles. The Morgan fingerprint density at radius 3 is 2.32 bits per heavy atom. The summed E-state index contributed by atoms with van der Waals surface area (Å²) < 4.78 is 17.3. The number of carboxylic acid groups (broad SMARTS) is 1. The van der Waals surface area contributed by atoms with Gasteiger partial charge in [-0.15, -0.1) is 0 Å². The zero-order chi connectivity index (χ0) is 20.5. The second-order valence-corrected chi connectivity index (χ2v) is 8.11. The van der Waals surface area contributed by atoms with Gasteiger partial charge in [-0.3, -0.25) is 0 Å². The molecule has 1 N–H and O–H groups in total. The van der Waals surface area contributed by atoms with Crippen molar-refractivity contribution in [2.45, 2.75) is 51.9 Å². The first-order valence-electron chi connectivity index (χ1n) is 9.37. The van der Waals surface area contributed by atoms with Gasteiger partial charge in [0, 0.05) is 6.54 Å². The number of amides is 1. The van der Waals surface area contributed by atoms with Gasteiger partial charge in [0.25, 0.3) is 0 Å². The van der Waals surface area contributed by atoms with Gasteiger partial charge in [0.15, 0.2) is 0 Å². The Kier molecular flexibility index (Phi) is 5.54. The Morgan fingerprint density at radius 2 is 1.75 bits per heavy atom. The second kappa shape index (κ2) is 7.60. The maximum atomic E-state index is 12.4. The van der Waals surface area contributed by atoms with Crippen LogP contribution in [0.2, 0.25) is 0 Å². The molecule has 1 fully saturated rings. The van der Waals surface area contributed by atoms with Crippen molar-refractivity contribution in [1.29, 1.82) is 0 Å². The van der Waals surface area contributed by atoms with Gasteiger partial charge in [0.05, 0.1) is 23.3 Å². The van der Waals surface area contributed by atoms with Crippen LogP contribution in [0.4, 0.5) is 4.79 Å². The van der Waals surface area contributed by atoms with E-state index in [0.29, 0.717) is 18.4 Å². The monoisotopic (exact) mass is 387 g/mol. The van der Waals surface area contributed by atoms with Crippen LogP contribution >= 0.6 is 0 Å². The Morgan fingerprint density at radius 1 is 1.14 bits per heavy atom. The van der Waals surface area contributed by atoms with Crippen molar-refractivity contribution < 1.29 is 28.7 Å². The summed E-state index contributed by atoms with van der Waals surface area (Å²) >= 11 is 0. The predicted molar refractivity (Wildman–Crippen MR) is 104 cm³/mol. The normalized spacial score (nSPS) is 21.0. The molecule has 28 heavy (non-hydrogen) atoms. The van der Waals surface area contributed by atoms with E-state index in [1.165, 1.54) is 4.90 Å². The van der Waals surface area contributed by atoms with Gasteiger partial charge in [-0.25, -0.2) is 9.59 Å². The van der Waals surface area contributed by atoms with Crippen molar-refractivity contribution in [3.8, 4) is 0 Å². The molecule has 1 aromatic carbocycles. The SMILES string of the molecule is CC1(C)OB(C2=C(C(=O)O)CN(C(=O)OCc3ccccc3)CC2)OC1(C)C. The zero-order valence-corrected chi connectivity index (χ0v) is 16.7. The summed E-state index contributed by atoms with van der Waals surface area (Å²) in [6.07, 6.45) is -0.172. The molecule has 0 radical (unpaired) electrons. The summed E-state index contributed by atoms with van der Waals surface area (Å²) in [5.74, 6) is -1.08. The van der Waals surface area contributed by atoms with Crippen molar-refractivity contribution in [2.75, 3.05) is 13.1 Å². The molecule has 0 aliphatic carbocycles. The van der Waals surface area contributed by atoms with Crippen molar-refractivity contribution >= 4 is 19.2 Å². The van der Waals surface area contributed by atoms with Gasteiger partial charge in [-0.2, -0.15) is 0 Å². The fraction of sp³-hybridized carbons (Fsp3) is 0.500. The van der Waals surface area contributed by atoms with E-state index in [-0.39, 0.29) is 18.7 Å². The van der Waals surface area contributed by atoms with Crippen molar-refractivity contribution in [1.82, 2.24) is 4.90 Å². The summed E-state index contributed by atoms with van der Waals surface area (Å²) in [7, 11) is -0.724. The van der Waals surface area contributed by atoms with Crippen molar-refractivity contribution in [3.05, 3.63) is 46.9 Å². The number of carboxylic acids is 1. The topological polar surface area (TPSA) is 85.3 Å². The number of nitrogens with zero attached hydrogens (tertiary/aromatic N) is 1. The maximum Gasteiger partial charge on any atom is 0.491 e. The van der Waals surface area contributed by atoms with E-state index >= 15 is 0 Å². The van der Waals surface area contributed by atoms with E-state index in [1.807, 2.05) is 58.0 Å². The largest absolute Gasteiger partial charge is 0.491 e. The van der Waals surface area contributed by atoms with Crippen molar-refractivity contribution in [3.63, 3.8) is 0 Å². The average molecular weight is 387 g/mol. The number of carbonyl (C=O) groups is 2. The number of hydrogen-bond donors (Lipinski definition) is 1. The highest BCUT2D eigenvalue weighted by Crippen LogP contribution is 2.40. The number of rotatable bonds is 4. The van der Waals surface area contributed by atoms with Gasteiger partial charge in [0.2, 0.25) is 0 Å². The van der Waals surface area contributed by atoms with Crippen LogP contribution in [0.15, 0.2) is 41.4 Å². The Labute approximate surface area is 165 Å². The zero-order valence-electron chi connectivity index (χ0n) is 16.7. The van der Waals surface area contributed by atoms with Gasteiger partial charge >= 0.3 is 19.2 Å². The molecule has 7 nitrogen and oxygen atoms in total. The van der Waals surface area contributed by atoms with E-state index < -0.39 is 30.4 Å². The predicted octanol–water partition coefficient (Wildman–Crippen LogP) is 3.04. The summed E-state index contributed by atoms with van der Waals surface area (Å²) in [5, 5.41) is 9.69. The average Bonchev–Trinajstić information content (AvgIpc) is 2.87. The quantitative estimate of drug-likeness (QED) is 0.800. The first-order valence-corrected chi connectivity index (χ1v) is 9.37. The molecule has 0 spiro atoms. The van der Waals surface area contributed by atoms with Crippen LogP contribution in [0.1, 0.15) is 39.7 Å². The van der Waals surface area contributed by atoms with Gasteiger partial charge in [-0.1, -0.05) is 30.3 Å². The fourth-order valence-electron chi connectivity index (χ4n) is 3.19. The summed E-state index contributed by atoms with van der Waals surface area (Å²) in [4.78, 5) is 25.6. The summed E-state index contributed by atoms with van der Waals surface area (Å²) in [5.41, 5.74) is 0.472. The summed E-state index contributed by atoms with van der Waals surface area (Å²) in [6.45, 7) is 8.14. The highest BCUT2D eigenvalue weighted by atomic mass is 16.7. The van der Waals surface area contributed by atoms with E-state index in [2.05, 4.69) is 0 Å². The molecule has 0 unspecified atom stereocenters. The van der Waals surface area contributed by atoms with Crippen LogP contribution in [0.5, 0.6) is 0 Å². The maximum absolute atomic E-state index is 12.4. The molecular weight excluding hydrogens is 361 g/mol. The lowest BCUT2D eigenvalue weighted by Gasteiger charge is -2.32. The number of benzene rings is 1. The van der Waals surface area contributed by atoms with Crippen LogP contribution in [0, 0.1) is 0 Å². The molecule has 8 heteroatoms. The molecule has 2 heterocycles. The van der Waals surface area contributed by atoms with Gasteiger partial charge in [-0.05, 0) is 45.2 Å².